The lowest BCUT2D eigenvalue weighted by Gasteiger charge is -2.11. The number of likely N-dealkylation sites (N-methyl/N-ethyl adjacent to an activating group) is 1. The summed E-state index contributed by atoms with van der Waals surface area (Å²) in [4.78, 5) is 21.6. The third-order valence-electron chi connectivity index (χ3n) is 2.38. The third-order valence-corrected chi connectivity index (χ3v) is 2.38. The van der Waals surface area contributed by atoms with E-state index in [1.807, 2.05) is 0 Å². The number of hydrogen-bond acceptors (Lipinski definition) is 4. The van der Waals surface area contributed by atoms with Gasteiger partial charge in [-0.25, -0.2) is 4.79 Å². The second kappa shape index (κ2) is 5.31. The molecule has 0 bridgehead atoms. The lowest BCUT2D eigenvalue weighted by Crippen LogP contribution is -2.35. The highest BCUT2D eigenvalue weighted by Gasteiger charge is 2.17. The molecule has 1 aromatic carbocycles. The molecule has 4 N–H and O–H groups in total. The summed E-state index contributed by atoms with van der Waals surface area (Å²) in [7, 11) is 1.51. The average molecular weight is 239 g/mol. The molecule has 0 aliphatic carbocycles. The summed E-state index contributed by atoms with van der Waals surface area (Å²) in [6.07, 6.45) is 0.145. The maximum absolute atomic E-state index is 10.8. The molecular formula is C11H13NO5. The van der Waals surface area contributed by atoms with Gasteiger partial charge in [0.2, 0.25) is 0 Å². The van der Waals surface area contributed by atoms with Crippen molar-refractivity contribution >= 4 is 11.9 Å². The Morgan fingerprint density at radius 2 is 2.00 bits per heavy atom. The van der Waals surface area contributed by atoms with Crippen molar-refractivity contribution in [2.45, 2.75) is 12.5 Å². The number of phenols is 1. The van der Waals surface area contributed by atoms with Gasteiger partial charge in [0.1, 0.15) is 17.4 Å². The van der Waals surface area contributed by atoms with Gasteiger partial charge >= 0.3 is 11.9 Å². The van der Waals surface area contributed by atoms with E-state index >= 15 is 0 Å². The molecule has 6 heteroatoms. The van der Waals surface area contributed by atoms with E-state index in [1.54, 1.807) is 0 Å². The highest BCUT2D eigenvalue weighted by Crippen LogP contribution is 2.19. The van der Waals surface area contributed by atoms with E-state index in [-0.39, 0.29) is 17.7 Å². The van der Waals surface area contributed by atoms with Gasteiger partial charge in [0.15, 0.2) is 0 Å². The number of nitrogens with one attached hydrogen (secondary N) is 1. The Morgan fingerprint density at radius 1 is 1.35 bits per heavy atom. The number of aliphatic carboxylic acids is 1. The molecule has 1 aromatic rings. The molecule has 0 aromatic heterocycles. The Hall–Kier alpha value is -2.08. The molecule has 0 amide bonds. The Bertz CT molecular complexity index is 443. The van der Waals surface area contributed by atoms with Crippen molar-refractivity contribution in [1.82, 2.24) is 5.32 Å². The molecule has 1 rings (SSSR count). The topological polar surface area (TPSA) is 107 Å². The van der Waals surface area contributed by atoms with E-state index in [0.29, 0.717) is 5.56 Å². The molecule has 0 heterocycles. The lowest BCUT2D eigenvalue weighted by molar-refractivity contribution is -0.139. The number of rotatable bonds is 5. The maximum atomic E-state index is 10.8. The molecule has 1 atom stereocenters. The quantitative estimate of drug-likeness (QED) is 0.589. The molecule has 17 heavy (non-hydrogen) atoms. The van der Waals surface area contributed by atoms with Crippen molar-refractivity contribution in [3.63, 3.8) is 0 Å². The molecule has 92 valence electrons. The van der Waals surface area contributed by atoms with Crippen LogP contribution in [0.1, 0.15) is 15.9 Å². The summed E-state index contributed by atoms with van der Waals surface area (Å²) in [6.45, 7) is 0. The fourth-order valence-corrected chi connectivity index (χ4v) is 1.43. The predicted octanol–water partition coefficient (Wildman–Crippen LogP) is 0.305. The van der Waals surface area contributed by atoms with Crippen molar-refractivity contribution in [2.75, 3.05) is 7.05 Å². The molecule has 0 radical (unpaired) electrons. The Kier molecular flexibility index (Phi) is 4.06. The predicted molar refractivity (Wildman–Crippen MR) is 59.3 cm³/mol. The first-order chi connectivity index (χ1) is 7.95. The number of aromatic carboxylic acids is 1. The highest BCUT2D eigenvalue weighted by molar-refractivity contribution is 5.91. The zero-order chi connectivity index (χ0) is 13.0. The van der Waals surface area contributed by atoms with E-state index in [4.69, 9.17) is 10.2 Å². The normalized spacial score (nSPS) is 12.1. The minimum Gasteiger partial charge on any atom is -0.507 e. The van der Waals surface area contributed by atoms with Gasteiger partial charge in [-0.1, -0.05) is 6.07 Å². The van der Waals surface area contributed by atoms with Crippen molar-refractivity contribution < 1.29 is 24.9 Å². The molecular weight excluding hydrogens is 226 g/mol. The second-order valence-electron chi connectivity index (χ2n) is 3.54. The van der Waals surface area contributed by atoms with Gasteiger partial charge in [0.05, 0.1) is 0 Å². The number of carboxylic acid groups (broad SMARTS) is 2. The van der Waals surface area contributed by atoms with Gasteiger partial charge in [-0.15, -0.1) is 0 Å². The van der Waals surface area contributed by atoms with Crippen LogP contribution in [-0.4, -0.2) is 40.3 Å². The number of carboxylic acids is 2. The summed E-state index contributed by atoms with van der Waals surface area (Å²) in [5.41, 5.74) is 0.296. The molecule has 0 aliphatic heterocycles. The first-order valence-electron chi connectivity index (χ1n) is 4.91. The Balaban J connectivity index is 2.96. The van der Waals surface area contributed by atoms with Crippen LogP contribution in [0.2, 0.25) is 0 Å². The molecule has 0 spiro atoms. The number of aromatic hydroxyl groups is 1. The van der Waals surface area contributed by atoms with Gasteiger partial charge in [0.25, 0.3) is 0 Å². The largest absolute Gasteiger partial charge is 0.507 e. The van der Waals surface area contributed by atoms with E-state index < -0.39 is 18.0 Å². The van der Waals surface area contributed by atoms with Crippen LogP contribution < -0.4 is 5.32 Å². The van der Waals surface area contributed by atoms with Gasteiger partial charge in [0, 0.05) is 0 Å². The summed E-state index contributed by atoms with van der Waals surface area (Å²) < 4.78 is 0. The zero-order valence-electron chi connectivity index (χ0n) is 9.17. The minimum atomic E-state index is -1.25. The van der Waals surface area contributed by atoms with Crippen LogP contribution in [0.25, 0.3) is 0 Å². The van der Waals surface area contributed by atoms with E-state index in [9.17, 15) is 14.7 Å². The fraction of sp³-hybridized carbons (Fsp3) is 0.273. The van der Waals surface area contributed by atoms with Crippen molar-refractivity contribution in [3.05, 3.63) is 29.3 Å². The van der Waals surface area contributed by atoms with Crippen LogP contribution in [0.15, 0.2) is 18.2 Å². The smallest absolute Gasteiger partial charge is 0.339 e. The van der Waals surface area contributed by atoms with E-state index in [1.165, 1.54) is 25.2 Å². The van der Waals surface area contributed by atoms with Crippen molar-refractivity contribution in [2.24, 2.45) is 0 Å². The number of benzene rings is 1. The average Bonchev–Trinajstić information content (AvgIpc) is 2.27. The van der Waals surface area contributed by atoms with Gasteiger partial charge < -0.3 is 20.6 Å². The Morgan fingerprint density at radius 3 is 2.47 bits per heavy atom. The first-order valence-corrected chi connectivity index (χ1v) is 4.91. The van der Waals surface area contributed by atoms with Gasteiger partial charge in [-0.05, 0) is 31.2 Å². The van der Waals surface area contributed by atoms with Crippen LogP contribution in [0, 0.1) is 0 Å². The number of hydrogen-bond donors (Lipinski definition) is 4. The van der Waals surface area contributed by atoms with Crippen molar-refractivity contribution in [3.8, 4) is 5.75 Å². The monoisotopic (exact) mass is 239 g/mol. The number of carbonyl (C=O) groups is 2. The summed E-state index contributed by atoms with van der Waals surface area (Å²) in [6, 6.07) is 3.22. The minimum absolute atomic E-state index is 0.145. The van der Waals surface area contributed by atoms with Crippen LogP contribution in [0.4, 0.5) is 0 Å². The highest BCUT2D eigenvalue weighted by atomic mass is 16.4. The summed E-state index contributed by atoms with van der Waals surface area (Å²) >= 11 is 0. The van der Waals surface area contributed by atoms with Gasteiger partial charge in [-0.2, -0.15) is 0 Å². The van der Waals surface area contributed by atoms with Crippen LogP contribution in [0.3, 0.4) is 0 Å². The molecule has 0 saturated carbocycles. The third kappa shape index (κ3) is 3.18. The van der Waals surface area contributed by atoms with Crippen LogP contribution in [0.5, 0.6) is 5.75 Å². The molecule has 0 fully saturated rings. The molecule has 0 aliphatic rings. The standard InChI is InChI=1S/C11H13NO5/c1-12-8(11(16)17)5-6-2-3-9(13)7(4-6)10(14)15/h2-4,8,12-13H,5H2,1H3,(H,14,15)(H,16,17). The van der Waals surface area contributed by atoms with Crippen LogP contribution in [-0.2, 0) is 11.2 Å². The van der Waals surface area contributed by atoms with Gasteiger partial charge in [-0.3, -0.25) is 4.79 Å². The summed E-state index contributed by atoms with van der Waals surface area (Å²) in [5, 5.41) is 29.5. The SMILES string of the molecule is CNC(Cc1ccc(O)c(C(=O)O)c1)C(=O)O. The zero-order valence-corrected chi connectivity index (χ0v) is 9.17. The van der Waals surface area contributed by atoms with Crippen molar-refractivity contribution in [1.29, 1.82) is 0 Å². The molecule has 0 saturated heterocycles. The van der Waals surface area contributed by atoms with Crippen LogP contribution >= 0.6 is 0 Å². The molecule has 6 nitrogen and oxygen atoms in total. The first kappa shape index (κ1) is 13.0. The van der Waals surface area contributed by atoms with E-state index in [0.717, 1.165) is 0 Å². The summed E-state index contributed by atoms with van der Waals surface area (Å²) in [5.74, 6) is -2.60. The second-order valence-corrected chi connectivity index (χ2v) is 3.54. The fourth-order valence-electron chi connectivity index (χ4n) is 1.43. The lowest BCUT2D eigenvalue weighted by atomic mass is 10.0. The molecule has 1 unspecified atom stereocenters. The maximum Gasteiger partial charge on any atom is 0.339 e. The van der Waals surface area contributed by atoms with E-state index in [2.05, 4.69) is 5.32 Å². The Labute approximate surface area is 97.5 Å².